The molecule has 30 heavy (non-hydrogen) atoms. The Labute approximate surface area is 182 Å². The maximum atomic E-state index is 13.8. The standard InChI is InChI=1S/C18H17BrClFN2O7/c1-7(24)16(27)6-30-14(17(28,8(2)25)18(16,29)9(3)26)23-13-4-10(20)11(21)5-12(13)22-15(23)19/h4-5,14,27-29H,6H2,1-3H3/t14-,16+,17+,18-/m1/s1. The van der Waals surface area contributed by atoms with Gasteiger partial charge in [-0.25, -0.2) is 9.37 Å². The molecule has 2 heterocycles. The molecular formula is C18H17BrClFN2O7. The van der Waals surface area contributed by atoms with E-state index in [1.165, 1.54) is 0 Å². The molecule has 1 aromatic heterocycles. The first kappa shape index (κ1) is 22.9. The van der Waals surface area contributed by atoms with Crippen molar-refractivity contribution in [2.75, 3.05) is 6.61 Å². The van der Waals surface area contributed by atoms with Crippen LogP contribution in [0.5, 0.6) is 0 Å². The molecule has 1 aliphatic rings. The van der Waals surface area contributed by atoms with Gasteiger partial charge in [0.05, 0.1) is 22.7 Å². The molecule has 0 saturated carbocycles. The number of fused-ring (bicyclic) bond motifs is 1. The van der Waals surface area contributed by atoms with E-state index in [1.807, 2.05) is 0 Å². The first-order valence-corrected chi connectivity index (χ1v) is 9.75. The van der Waals surface area contributed by atoms with Gasteiger partial charge in [-0.1, -0.05) is 11.6 Å². The summed E-state index contributed by atoms with van der Waals surface area (Å²) in [6, 6.07) is 2.14. The number of carbonyl (C=O) groups is 3. The van der Waals surface area contributed by atoms with Crippen molar-refractivity contribution in [3.63, 3.8) is 0 Å². The molecule has 0 radical (unpaired) electrons. The SMILES string of the molecule is CC(=O)[C@@]1(O)[C@@](O)(C(C)=O)CO[C@@H](n2c(Br)nc3cc(F)c(Cl)cc32)[C@@]1(O)C(C)=O. The zero-order chi connectivity index (χ0) is 22.8. The lowest BCUT2D eigenvalue weighted by atomic mass is 9.63. The summed E-state index contributed by atoms with van der Waals surface area (Å²) in [5.41, 5.74) is -9.17. The Morgan fingerprint density at radius 3 is 2.30 bits per heavy atom. The van der Waals surface area contributed by atoms with Gasteiger partial charge in [0.15, 0.2) is 33.9 Å². The number of Topliss-reactive ketones (excluding diaryl/α,β-unsaturated/α-hetero) is 3. The Morgan fingerprint density at radius 2 is 1.80 bits per heavy atom. The lowest BCUT2D eigenvalue weighted by molar-refractivity contribution is -0.310. The second-order valence-electron chi connectivity index (χ2n) is 7.17. The van der Waals surface area contributed by atoms with Gasteiger partial charge < -0.3 is 20.1 Å². The van der Waals surface area contributed by atoms with E-state index >= 15 is 0 Å². The minimum absolute atomic E-state index is 0.0528. The van der Waals surface area contributed by atoms with E-state index < -0.39 is 52.8 Å². The highest BCUT2D eigenvalue weighted by Gasteiger charge is 2.75. The molecule has 0 amide bonds. The number of hydrogen-bond acceptors (Lipinski definition) is 8. The summed E-state index contributed by atoms with van der Waals surface area (Å²) in [5, 5.41) is 33.2. The summed E-state index contributed by atoms with van der Waals surface area (Å²) < 4.78 is 20.3. The van der Waals surface area contributed by atoms with Crippen molar-refractivity contribution in [3.05, 3.63) is 27.7 Å². The van der Waals surface area contributed by atoms with Crippen LogP contribution in [0.4, 0.5) is 4.39 Å². The molecule has 1 saturated heterocycles. The lowest BCUT2D eigenvalue weighted by Crippen LogP contribution is -2.82. The Hall–Kier alpha value is -1.76. The van der Waals surface area contributed by atoms with Crippen molar-refractivity contribution in [1.29, 1.82) is 0 Å². The topological polar surface area (TPSA) is 139 Å². The Balaban J connectivity index is 2.38. The highest BCUT2D eigenvalue weighted by atomic mass is 79.9. The van der Waals surface area contributed by atoms with Gasteiger partial charge in [0.25, 0.3) is 0 Å². The fraction of sp³-hybridized carbons (Fsp3) is 0.444. The fourth-order valence-electron chi connectivity index (χ4n) is 3.81. The average molecular weight is 508 g/mol. The number of hydrogen-bond donors (Lipinski definition) is 3. The van der Waals surface area contributed by atoms with Gasteiger partial charge in [0, 0.05) is 6.07 Å². The van der Waals surface area contributed by atoms with Crippen LogP contribution in [0.15, 0.2) is 16.9 Å². The molecule has 0 bridgehead atoms. The highest BCUT2D eigenvalue weighted by Crippen LogP contribution is 2.49. The van der Waals surface area contributed by atoms with Gasteiger partial charge in [-0.15, -0.1) is 0 Å². The van der Waals surface area contributed by atoms with Crippen molar-refractivity contribution in [1.82, 2.24) is 9.55 Å². The third kappa shape index (κ3) is 2.73. The number of nitrogens with zero attached hydrogens (tertiary/aromatic N) is 2. The molecule has 4 atom stereocenters. The summed E-state index contributed by atoms with van der Waals surface area (Å²) in [6.07, 6.45) is -1.84. The number of ether oxygens (including phenoxy) is 1. The minimum Gasteiger partial charge on any atom is -0.376 e. The van der Waals surface area contributed by atoms with E-state index in [9.17, 15) is 34.1 Å². The second-order valence-corrected chi connectivity index (χ2v) is 8.29. The van der Waals surface area contributed by atoms with Crippen LogP contribution in [0.2, 0.25) is 5.02 Å². The molecule has 12 heteroatoms. The summed E-state index contributed by atoms with van der Waals surface area (Å²) in [7, 11) is 0. The number of imidazole rings is 1. The van der Waals surface area contributed by atoms with Crippen LogP contribution in [0.1, 0.15) is 27.0 Å². The zero-order valence-corrected chi connectivity index (χ0v) is 18.3. The molecule has 1 aromatic carbocycles. The monoisotopic (exact) mass is 506 g/mol. The normalized spacial score (nSPS) is 31.7. The van der Waals surface area contributed by atoms with Crippen molar-refractivity contribution in [2.24, 2.45) is 0 Å². The van der Waals surface area contributed by atoms with Gasteiger partial charge in [-0.3, -0.25) is 19.0 Å². The van der Waals surface area contributed by atoms with Crippen LogP contribution < -0.4 is 0 Å². The number of aliphatic hydroxyl groups is 3. The number of benzene rings is 1. The first-order valence-electron chi connectivity index (χ1n) is 8.57. The molecule has 2 aromatic rings. The van der Waals surface area contributed by atoms with Crippen LogP contribution in [0, 0.1) is 5.82 Å². The van der Waals surface area contributed by atoms with E-state index in [1.54, 1.807) is 0 Å². The predicted molar refractivity (Wildman–Crippen MR) is 104 cm³/mol. The van der Waals surface area contributed by atoms with E-state index in [4.69, 9.17) is 16.3 Å². The lowest BCUT2D eigenvalue weighted by Gasteiger charge is -2.55. The summed E-state index contributed by atoms with van der Waals surface area (Å²) >= 11 is 8.96. The average Bonchev–Trinajstić information content (AvgIpc) is 2.94. The van der Waals surface area contributed by atoms with E-state index in [0.717, 1.165) is 37.5 Å². The Morgan fingerprint density at radius 1 is 1.20 bits per heavy atom. The number of ketones is 3. The predicted octanol–water partition coefficient (Wildman–Crippen LogP) is 1.08. The molecule has 3 N–H and O–H groups in total. The summed E-state index contributed by atoms with van der Waals surface area (Å²) in [6.45, 7) is 1.62. The van der Waals surface area contributed by atoms with Crippen LogP contribution >= 0.6 is 27.5 Å². The number of rotatable bonds is 4. The smallest absolute Gasteiger partial charge is 0.207 e. The second kappa shape index (κ2) is 7.14. The van der Waals surface area contributed by atoms with Crippen molar-refractivity contribution in [2.45, 2.75) is 43.8 Å². The minimum atomic E-state index is -3.26. The fourth-order valence-corrected chi connectivity index (χ4v) is 4.53. The van der Waals surface area contributed by atoms with Crippen LogP contribution in [-0.4, -0.2) is 65.6 Å². The Bertz CT molecular complexity index is 1110. The quantitative estimate of drug-likeness (QED) is 0.559. The molecule has 0 aliphatic carbocycles. The number of aromatic nitrogens is 2. The molecule has 9 nitrogen and oxygen atoms in total. The van der Waals surface area contributed by atoms with Gasteiger partial charge in [-0.2, -0.15) is 0 Å². The molecule has 1 fully saturated rings. The molecule has 0 unspecified atom stereocenters. The molecule has 1 aliphatic heterocycles. The van der Waals surface area contributed by atoms with Crippen molar-refractivity contribution in [3.8, 4) is 0 Å². The number of carbonyl (C=O) groups excluding carboxylic acids is 3. The molecular weight excluding hydrogens is 491 g/mol. The Kier molecular flexibility index (Phi) is 5.46. The van der Waals surface area contributed by atoms with Crippen LogP contribution in [-0.2, 0) is 19.1 Å². The molecule has 0 spiro atoms. The largest absolute Gasteiger partial charge is 0.376 e. The zero-order valence-electron chi connectivity index (χ0n) is 15.9. The van der Waals surface area contributed by atoms with Gasteiger partial charge in [0.1, 0.15) is 5.82 Å². The van der Waals surface area contributed by atoms with Gasteiger partial charge in [0.2, 0.25) is 11.2 Å². The van der Waals surface area contributed by atoms with Crippen LogP contribution in [0.25, 0.3) is 11.0 Å². The summed E-state index contributed by atoms with van der Waals surface area (Å²) in [5.74, 6) is -4.29. The molecule has 162 valence electrons. The van der Waals surface area contributed by atoms with Crippen LogP contribution in [0.3, 0.4) is 0 Å². The van der Waals surface area contributed by atoms with E-state index in [0.29, 0.717) is 0 Å². The number of halogens is 3. The molecule has 3 rings (SSSR count). The first-order chi connectivity index (χ1) is 13.7. The van der Waals surface area contributed by atoms with Crippen molar-refractivity contribution < 1.29 is 38.8 Å². The maximum absolute atomic E-state index is 13.8. The maximum Gasteiger partial charge on any atom is 0.207 e. The summed E-state index contributed by atoms with van der Waals surface area (Å²) in [4.78, 5) is 41.3. The third-order valence-corrected chi connectivity index (χ3v) is 6.36. The third-order valence-electron chi connectivity index (χ3n) is 5.51. The van der Waals surface area contributed by atoms with Gasteiger partial charge in [-0.05, 0) is 42.8 Å². The highest BCUT2D eigenvalue weighted by molar-refractivity contribution is 9.10. The van der Waals surface area contributed by atoms with E-state index in [2.05, 4.69) is 20.9 Å². The van der Waals surface area contributed by atoms with E-state index in [-0.39, 0.29) is 20.8 Å². The van der Waals surface area contributed by atoms with Gasteiger partial charge >= 0.3 is 0 Å². The van der Waals surface area contributed by atoms with Crippen molar-refractivity contribution >= 4 is 55.9 Å².